The Labute approximate surface area is 724 Å². The molecule has 7 heteroatoms. The molecule has 103 heavy (non-hydrogen) atoms. The summed E-state index contributed by atoms with van der Waals surface area (Å²) in [5.74, 6) is 10.3. The van der Waals surface area contributed by atoms with E-state index in [1.807, 2.05) is 61.5 Å². The van der Waals surface area contributed by atoms with Gasteiger partial charge in [-0.1, -0.05) is 264 Å². The smallest absolute Gasteiger partial charge is 0.129 e. The molecular weight excluding hydrogens is 1560 g/mol. The van der Waals surface area contributed by atoms with Crippen molar-refractivity contribution in [1.29, 1.82) is 0 Å². The number of phenolic OH excluding ortho intramolecular Hbond substituents is 1. The van der Waals surface area contributed by atoms with E-state index in [4.69, 9.17) is 0 Å². The van der Waals surface area contributed by atoms with Crippen LogP contribution in [-0.2, 0) is 131 Å². The minimum absolute atomic E-state index is 0. The van der Waals surface area contributed by atoms with Gasteiger partial charge in [-0.3, -0.25) is 0 Å². The Hall–Kier alpha value is -2.16. The van der Waals surface area contributed by atoms with Crippen LogP contribution in [0.4, 0.5) is 8.78 Å². The normalized spacial score (nSPS) is 24.2. The van der Waals surface area contributed by atoms with Gasteiger partial charge in [0.15, 0.2) is 0 Å². The Morgan fingerprint density at radius 1 is 0.301 bits per heavy atom. The van der Waals surface area contributed by atoms with Crippen LogP contribution in [0.3, 0.4) is 0 Å². The molecule has 1 N–H and O–H groups in total. The summed E-state index contributed by atoms with van der Waals surface area (Å²) < 4.78 is 29.1. The molecule has 0 amide bonds. The van der Waals surface area contributed by atoms with Crippen molar-refractivity contribution < 1.29 is 145 Å². The molecule has 0 spiro atoms. The summed E-state index contributed by atoms with van der Waals surface area (Å²) in [7, 11) is 0. The van der Waals surface area contributed by atoms with Gasteiger partial charge in [0, 0.05) is 131 Å². The number of aromatic hydroxyl groups is 1. The zero-order valence-electron chi connectivity index (χ0n) is 63.7. The van der Waals surface area contributed by atoms with Gasteiger partial charge in [0.1, 0.15) is 17.4 Å². The van der Waals surface area contributed by atoms with Crippen LogP contribution >= 0.6 is 0 Å². The molecule has 7 saturated carbocycles. The van der Waals surface area contributed by atoms with E-state index in [2.05, 4.69) is 145 Å². The van der Waals surface area contributed by atoms with Crippen LogP contribution in [0.2, 0.25) is 0 Å². The second-order valence-electron chi connectivity index (χ2n) is 32.2. The molecule has 0 heterocycles. The summed E-state index contributed by atoms with van der Waals surface area (Å²) in [4.78, 5) is 0. The van der Waals surface area contributed by atoms with Gasteiger partial charge in [0.25, 0.3) is 0 Å². The van der Waals surface area contributed by atoms with E-state index in [9.17, 15) is 13.9 Å². The summed E-state index contributed by atoms with van der Waals surface area (Å²) in [6.07, 6.45) is 42.9. The van der Waals surface area contributed by atoms with Gasteiger partial charge in [-0.15, -0.1) is 5.56 Å². The fourth-order valence-electron chi connectivity index (χ4n) is 17.7. The summed E-state index contributed by atoms with van der Waals surface area (Å²) in [6.45, 7) is 13.9. The van der Waals surface area contributed by atoms with Gasteiger partial charge in [0.05, 0.1) is 0 Å². The molecule has 0 aliphatic heterocycles. The van der Waals surface area contributed by atoms with E-state index >= 15 is 0 Å². The van der Waals surface area contributed by atoms with Gasteiger partial charge >= 0.3 is 0 Å². The van der Waals surface area contributed by atoms with Crippen molar-refractivity contribution in [3.63, 3.8) is 0 Å². The number of hydrogen-bond acceptors (Lipinski definition) is 1. The first kappa shape index (κ1) is 88.1. The zero-order valence-corrected chi connectivity index (χ0v) is 75.1. The predicted octanol–water partition coefficient (Wildman–Crippen LogP) is 28.7. The first-order valence-electron chi connectivity index (χ1n) is 39.6. The van der Waals surface area contributed by atoms with Crippen molar-refractivity contribution in [2.24, 2.45) is 41.4 Å². The average molecular weight is 1680 g/mol. The van der Waals surface area contributed by atoms with Crippen molar-refractivity contribution in [3.05, 3.63) is 246 Å². The second-order valence-corrected chi connectivity index (χ2v) is 32.2. The average Bonchev–Trinajstić information content (AvgIpc) is 0.820. The Kier molecular flexibility index (Phi) is 39.2. The molecule has 7 aliphatic carbocycles. The van der Waals surface area contributed by atoms with E-state index in [0.717, 1.165) is 105 Å². The van der Waals surface area contributed by atoms with Crippen LogP contribution in [0.1, 0.15) is 277 Å². The number of hydrogen-bond donors (Lipinski definition) is 1. The number of phenols is 1. The molecule has 1 nitrogen and oxygen atoms in total. The largest absolute Gasteiger partial charge is 0.508 e. The number of rotatable bonds is 10. The summed E-state index contributed by atoms with van der Waals surface area (Å²) in [6, 6.07) is 65.1. The van der Waals surface area contributed by atoms with Gasteiger partial charge in [-0.05, 0) is 233 Å². The van der Waals surface area contributed by atoms with Gasteiger partial charge in [-0.25, -0.2) is 8.78 Å². The maximum absolute atomic E-state index is 14.8. The topological polar surface area (TPSA) is 20.2 Å². The standard InChI is InChI=1S/C26H33F.C25H31.C19H14F.C13H18O.C13H23.4Y/c1-18-3-7-20(8-4-18)21-11-13-22(14-12-21)24-15-16-25(26(27)17-24)23-9-5-19(2)6-10-23;1-19-7-9-21(10-8-19)23-15-17-25(18-16-23)24-13-11-22(12-14-24)20-5-3-2-4-6-20;1-14-7-9-15(10-8-14)17-11-12-18(19(20)13-17)16-5-3-2-4-6-16;1-10-2-4-11(5-3-10)12-6-8-13(14)9-7-12;1-11-7-9-13(10-8-11)12-5-3-2-4-6-12;;;;/h11-20,23H,3-10H2,1-2H3;2,11-21H,3-10H2,1H3;3-13H,1H3;6-11,14H,2-5H2,1H3;2,11-13H,3-10H2,1H3;;;;/q;2*-1;;-1;;;;. The van der Waals surface area contributed by atoms with Gasteiger partial charge in [0.2, 0.25) is 0 Å². The molecular formula is C96H119F2OY4-3. The van der Waals surface area contributed by atoms with Crippen LogP contribution < -0.4 is 0 Å². The van der Waals surface area contributed by atoms with E-state index < -0.39 is 0 Å². The monoisotopic (exact) mass is 1680 g/mol. The first-order valence-corrected chi connectivity index (χ1v) is 39.6. The molecule has 15 rings (SSSR count). The van der Waals surface area contributed by atoms with Crippen molar-refractivity contribution >= 4 is 0 Å². The number of benzene rings is 8. The molecule has 8 aromatic carbocycles. The van der Waals surface area contributed by atoms with Gasteiger partial charge in [-0.2, -0.15) is 56.0 Å². The molecule has 0 aromatic heterocycles. The maximum atomic E-state index is 14.8. The van der Waals surface area contributed by atoms with E-state index in [-0.39, 0.29) is 142 Å². The second kappa shape index (κ2) is 45.9. The fourth-order valence-corrected chi connectivity index (χ4v) is 17.7. The van der Waals surface area contributed by atoms with Crippen molar-refractivity contribution in [2.45, 2.75) is 251 Å². The quantitative estimate of drug-likeness (QED) is 0.135. The van der Waals surface area contributed by atoms with Crippen LogP contribution in [0.5, 0.6) is 5.75 Å². The SMILES string of the molecule is CC1CCC(C2CC[CH-]CC2)CC1.CC1CCC(c2ccc(-c3ccc(C4CCC(C)CC4)c(F)c3)cc2)CC1.CC1CCC(c2ccc(-c3ccc(C4CC[CH-]CC4)cc3)cc2)CC1.CC1CCC(c2ccc(O)cc2)CC1.Cc1ccc(-c2ccc(-c3cc[c-]cc3)c(F)c2)cc1.[Y].[Y].[Y].[Y]. The van der Waals surface area contributed by atoms with E-state index in [1.54, 1.807) is 42.0 Å². The fraction of sp³-hybridized carbons (Fsp3) is 0.479. The zero-order chi connectivity index (χ0) is 68.9. The molecule has 0 bridgehead atoms. The Balaban J connectivity index is 0.000000183. The maximum Gasteiger partial charge on any atom is 0.129 e. The van der Waals surface area contributed by atoms with Gasteiger partial charge < -0.3 is 17.9 Å². The van der Waals surface area contributed by atoms with Crippen LogP contribution in [0.15, 0.2) is 182 Å². The summed E-state index contributed by atoms with van der Waals surface area (Å²) >= 11 is 0. The third kappa shape index (κ3) is 27.1. The van der Waals surface area contributed by atoms with E-state index in [0.29, 0.717) is 23.1 Å². The Morgan fingerprint density at radius 2 is 0.602 bits per heavy atom. The predicted molar refractivity (Wildman–Crippen MR) is 417 cm³/mol. The molecule has 0 atom stereocenters. The molecule has 7 aliphatic rings. The molecule has 7 fully saturated rings. The first-order chi connectivity index (χ1) is 48.2. The summed E-state index contributed by atoms with van der Waals surface area (Å²) in [5, 5.41) is 9.20. The molecule has 0 unspecified atom stereocenters. The summed E-state index contributed by atoms with van der Waals surface area (Å²) in [5.41, 5.74) is 16.3. The Morgan fingerprint density at radius 3 is 0.990 bits per heavy atom. The number of halogens is 2. The Bertz CT molecular complexity index is 3610. The molecule has 8 aromatic rings. The third-order valence-corrected chi connectivity index (χ3v) is 24.7. The molecule has 0 saturated heterocycles. The van der Waals surface area contributed by atoms with Crippen LogP contribution in [0.25, 0.3) is 44.5 Å². The molecule has 538 valence electrons. The van der Waals surface area contributed by atoms with Crippen LogP contribution in [0, 0.1) is 78.9 Å². The third-order valence-electron chi connectivity index (χ3n) is 24.7. The number of aryl methyl sites for hydroxylation is 1. The van der Waals surface area contributed by atoms with Crippen LogP contribution in [-0.4, -0.2) is 5.11 Å². The molecule has 4 radical (unpaired) electrons. The minimum Gasteiger partial charge on any atom is -0.508 e. The van der Waals surface area contributed by atoms with E-state index in [1.165, 1.54) is 200 Å². The minimum atomic E-state index is -0.200. The van der Waals surface area contributed by atoms with Crippen molar-refractivity contribution in [3.8, 4) is 50.3 Å². The van der Waals surface area contributed by atoms with Crippen molar-refractivity contribution in [2.75, 3.05) is 0 Å². The van der Waals surface area contributed by atoms with Crippen molar-refractivity contribution in [1.82, 2.24) is 0 Å².